The average Bonchev–Trinajstić information content (AvgIpc) is 2.94. The van der Waals surface area contributed by atoms with Crippen LogP contribution in [0.2, 0.25) is 0 Å². The van der Waals surface area contributed by atoms with Gasteiger partial charge in [0.2, 0.25) is 11.8 Å². The van der Waals surface area contributed by atoms with Crippen molar-refractivity contribution in [1.29, 1.82) is 0 Å². The first-order valence-electron chi connectivity index (χ1n) is 9.53. The zero-order valence-electron chi connectivity index (χ0n) is 15.7. The van der Waals surface area contributed by atoms with Crippen LogP contribution in [0.25, 0.3) is 11.0 Å². The fourth-order valence-corrected chi connectivity index (χ4v) is 4.08. The van der Waals surface area contributed by atoms with E-state index in [1.807, 2.05) is 32.0 Å². The number of hydrogen-bond acceptors (Lipinski definition) is 5. The van der Waals surface area contributed by atoms with Crippen LogP contribution in [0.1, 0.15) is 38.8 Å². The summed E-state index contributed by atoms with van der Waals surface area (Å²) in [5.41, 5.74) is 2.45. The maximum Gasteiger partial charge on any atom is 0.330 e. The Balaban J connectivity index is 1.85. The molecule has 27 heavy (non-hydrogen) atoms. The van der Waals surface area contributed by atoms with Gasteiger partial charge in [0.25, 0.3) is 0 Å². The second kappa shape index (κ2) is 6.84. The van der Waals surface area contributed by atoms with Crippen molar-refractivity contribution in [1.82, 2.24) is 19.8 Å². The first-order chi connectivity index (χ1) is 13.0. The highest BCUT2D eigenvalue weighted by atomic mass is 16.2. The minimum atomic E-state index is -0.650. The van der Waals surface area contributed by atoms with E-state index in [1.54, 1.807) is 9.13 Å². The lowest BCUT2D eigenvalue weighted by molar-refractivity contribution is -0.135. The first-order valence-corrected chi connectivity index (χ1v) is 9.53. The Kier molecular flexibility index (Phi) is 4.51. The number of piperidine rings is 1. The normalized spacial score (nSPS) is 21.1. The third-order valence-corrected chi connectivity index (χ3v) is 5.41. The average molecular weight is 371 g/mol. The smallest absolute Gasteiger partial charge is 0.330 e. The van der Waals surface area contributed by atoms with E-state index in [1.165, 1.54) is 0 Å². The summed E-state index contributed by atoms with van der Waals surface area (Å²) in [5, 5.41) is 5.70. The molecule has 2 amide bonds. The molecule has 2 fully saturated rings. The van der Waals surface area contributed by atoms with Gasteiger partial charge >= 0.3 is 5.69 Å². The van der Waals surface area contributed by atoms with Crippen molar-refractivity contribution >= 4 is 28.5 Å². The molecule has 1 aromatic heterocycles. The number of rotatable bonds is 3. The van der Waals surface area contributed by atoms with E-state index in [0.717, 1.165) is 42.9 Å². The molecule has 2 aromatic rings. The Morgan fingerprint density at radius 2 is 1.81 bits per heavy atom. The molecule has 2 saturated heterocycles. The second-order valence-corrected chi connectivity index (χ2v) is 7.49. The topological polar surface area (TPSA) is 88.4 Å². The number of imide groups is 1. The van der Waals surface area contributed by atoms with Crippen molar-refractivity contribution in [3.63, 3.8) is 0 Å². The number of imidazole rings is 1. The van der Waals surface area contributed by atoms with Crippen molar-refractivity contribution in [3.8, 4) is 0 Å². The lowest BCUT2D eigenvalue weighted by Crippen LogP contribution is -2.44. The molecule has 8 heteroatoms. The van der Waals surface area contributed by atoms with Gasteiger partial charge in [0.1, 0.15) is 6.04 Å². The summed E-state index contributed by atoms with van der Waals surface area (Å²) in [6, 6.07) is 5.30. The molecule has 0 saturated carbocycles. The molecule has 0 aliphatic carbocycles. The minimum absolute atomic E-state index is 0.0344. The molecular weight excluding hydrogens is 346 g/mol. The summed E-state index contributed by atoms with van der Waals surface area (Å²) in [5.74, 6) is -0.680. The van der Waals surface area contributed by atoms with Crippen LogP contribution in [-0.2, 0) is 9.59 Å². The lowest BCUT2D eigenvalue weighted by Gasteiger charge is -2.29. The van der Waals surface area contributed by atoms with E-state index < -0.39 is 11.9 Å². The number of carbonyl (C=O) groups excluding carboxylic acids is 2. The number of nitrogens with zero attached hydrogens (tertiary/aromatic N) is 3. The van der Waals surface area contributed by atoms with Gasteiger partial charge in [0.05, 0.1) is 11.0 Å². The van der Waals surface area contributed by atoms with E-state index in [4.69, 9.17) is 0 Å². The molecule has 0 spiro atoms. The van der Waals surface area contributed by atoms with Crippen LogP contribution in [0.3, 0.4) is 0 Å². The Hall–Kier alpha value is -2.61. The number of aromatic nitrogens is 2. The molecule has 2 aliphatic rings. The summed E-state index contributed by atoms with van der Waals surface area (Å²) in [7, 11) is 0. The van der Waals surface area contributed by atoms with Crippen LogP contribution >= 0.6 is 0 Å². The largest absolute Gasteiger partial charge is 0.369 e. The summed E-state index contributed by atoms with van der Waals surface area (Å²) in [4.78, 5) is 39.4. The fraction of sp³-hybridized carbons (Fsp3) is 0.526. The van der Waals surface area contributed by atoms with Gasteiger partial charge in [-0.1, -0.05) is 0 Å². The molecule has 0 bridgehead atoms. The summed E-state index contributed by atoms with van der Waals surface area (Å²) in [6.45, 7) is 7.65. The molecule has 2 N–H and O–H groups in total. The van der Waals surface area contributed by atoms with Crippen molar-refractivity contribution in [2.75, 3.05) is 31.1 Å². The van der Waals surface area contributed by atoms with E-state index in [-0.39, 0.29) is 24.1 Å². The summed E-state index contributed by atoms with van der Waals surface area (Å²) in [6.07, 6.45) is 0.595. The van der Waals surface area contributed by atoms with Crippen molar-refractivity contribution in [2.45, 2.75) is 38.8 Å². The highest BCUT2D eigenvalue weighted by molar-refractivity contribution is 6.00. The predicted octanol–water partition coefficient (Wildman–Crippen LogP) is 0.771. The van der Waals surface area contributed by atoms with Crippen LogP contribution < -0.4 is 21.2 Å². The predicted molar refractivity (Wildman–Crippen MR) is 103 cm³/mol. The number of carbonyl (C=O) groups is 2. The lowest BCUT2D eigenvalue weighted by atomic mass is 10.1. The van der Waals surface area contributed by atoms with Gasteiger partial charge in [-0.05, 0) is 38.5 Å². The molecule has 4 rings (SSSR count). The van der Waals surface area contributed by atoms with E-state index >= 15 is 0 Å². The SMILES string of the molecule is CC(C)n1c(=O)n(C2CCC(=O)NC2=O)c2ccc(N3CCNCC3)cc21. The number of benzene rings is 1. The van der Waals surface area contributed by atoms with Crippen molar-refractivity contribution in [3.05, 3.63) is 28.7 Å². The van der Waals surface area contributed by atoms with Crippen molar-refractivity contribution < 1.29 is 9.59 Å². The molecule has 1 aromatic carbocycles. The van der Waals surface area contributed by atoms with Crippen molar-refractivity contribution in [2.24, 2.45) is 0 Å². The highest BCUT2D eigenvalue weighted by Gasteiger charge is 2.32. The molecule has 8 nitrogen and oxygen atoms in total. The minimum Gasteiger partial charge on any atom is -0.369 e. The van der Waals surface area contributed by atoms with Gasteiger partial charge < -0.3 is 10.2 Å². The Bertz CT molecular complexity index is 952. The molecule has 144 valence electrons. The molecule has 1 unspecified atom stereocenters. The molecule has 1 atom stereocenters. The quantitative estimate of drug-likeness (QED) is 0.778. The van der Waals surface area contributed by atoms with Crippen LogP contribution in [-0.4, -0.2) is 47.1 Å². The zero-order valence-corrected chi connectivity index (χ0v) is 15.7. The second-order valence-electron chi connectivity index (χ2n) is 7.49. The molecule has 2 aliphatic heterocycles. The standard InChI is InChI=1S/C19H25N5O3/c1-12(2)23-16-11-13(22-9-7-20-8-10-22)3-4-14(16)24(19(23)27)15-5-6-17(25)21-18(15)26/h3-4,11-12,15,20H,5-10H2,1-2H3,(H,21,25,26). The van der Waals surface area contributed by atoms with E-state index in [0.29, 0.717) is 6.42 Å². The van der Waals surface area contributed by atoms with Gasteiger partial charge in [0.15, 0.2) is 0 Å². The van der Waals surface area contributed by atoms with E-state index in [2.05, 4.69) is 15.5 Å². The third-order valence-electron chi connectivity index (χ3n) is 5.41. The van der Waals surface area contributed by atoms with Gasteiger partial charge in [-0.25, -0.2) is 4.79 Å². The van der Waals surface area contributed by atoms with Crippen LogP contribution in [0.5, 0.6) is 0 Å². The zero-order chi connectivity index (χ0) is 19.1. The summed E-state index contributed by atoms with van der Waals surface area (Å²) < 4.78 is 3.30. The van der Waals surface area contributed by atoms with Crippen LogP contribution in [0, 0.1) is 0 Å². The summed E-state index contributed by atoms with van der Waals surface area (Å²) >= 11 is 0. The number of fused-ring (bicyclic) bond motifs is 1. The maximum absolute atomic E-state index is 13.2. The van der Waals surface area contributed by atoms with Crippen LogP contribution in [0.4, 0.5) is 5.69 Å². The van der Waals surface area contributed by atoms with Gasteiger partial charge in [0, 0.05) is 44.3 Å². The van der Waals surface area contributed by atoms with Gasteiger partial charge in [-0.2, -0.15) is 0 Å². The number of nitrogens with one attached hydrogen (secondary N) is 2. The fourth-order valence-electron chi connectivity index (χ4n) is 4.08. The Morgan fingerprint density at radius 3 is 2.48 bits per heavy atom. The van der Waals surface area contributed by atoms with E-state index in [9.17, 15) is 14.4 Å². The number of amides is 2. The maximum atomic E-state index is 13.2. The molecule has 3 heterocycles. The Morgan fingerprint density at radius 1 is 1.07 bits per heavy atom. The number of piperazine rings is 1. The third kappa shape index (κ3) is 3.03. The van der Waals surface area contributed by atoms with Gasteiger partial charge in [-0.15, -0.1) is 0 Å². The monoisotopic (exact) mass is 371 g/mol. The molecule has 0 radical (unpaired) electrons. The molecular formula is C19H25N5O3. The first kappa shape index (κ1) is 17.8. The number of anilines is 1. The Labute approximate surface area is 157 Å². The highest BCUT2D eigenvalue weighted by Crippen LogP contribution is 2.28. The van der Waals surface area contributed by atoms with Crippen LogP contribution in [0.15, 0.2) is 23.0 Å². The number of hydrogen-bond donors (Lipinski definition) is 2. The van der Waals surface area contributed by atoms with Gasteiger partial charge in [-0.3, -0.25) is 24.0 Å².